The van der Waals surface area contributed by atoms with Gasteiger partial charge in [-0.1, -0.05) is 12.1 Å². The quantitative estimate of drug-likeness (QED) is 0.433. The summed E-state index contributed by atoms with van der Waals surface area (Å²) in [6.45, 7) is -1.10. The summed E-state index contributed by atoms with van der Waals surface area (Å²) in [5.74, 6) is -1.69. The number of hydrogen-bond donors (Lipinski definition) is 1. The highest BCUT2D eigenvalue weighted by atomic mass is 16.6. The third-order valence-corrected chi connectivity index (χ3v) is 1.78. The molecule has 0 aliphatic heterocycles. The molecule has 0 aromatic heterocycles. The van der Waals surface area contributed by atoms with Crippen LogP contribution in [0.4, 0.5) is 5.69 Å². The van der Waals surface area contributed by atoms with Crippen LogP contribution in [-0.4, -0.2) is 30.0 Å². The Hall–Kier alpha value is -2.64. The van der Waals surface area contributed by atoms with Crippen LogP contribution >= 0.6 is 0 Å². The van der Waals surface area contributed by atoms with Crippen LogP contribution in [0.3, 0.4) is 0 Å². The van der Waals surface area contributed by atoms with Gasteiger partial charge >= 0.3 is 11.7 Å². The fraction of sp³-hybridized carbons (Fsp3) is 0.200. The molecule has 1 amide bonds. The molecule has 0 heterocycles. The second-order valence-electron chi connectivity index (χ2n) is 3.14. The Morgan fingerprint density at radius 3 is 2.56 bits per heavy atom. The van der Waals surface area contributed by atoms with Gasteiger partial charge in [-0.2, -0.15) is 0 Å². The SMILES string of the molecule is NC(=O)COC(=O)COc1ccccc1[N+](=O)[O-]. The molecular formula is C10H10N2O6. The predicted molar refractivity (Wildman–Crippen MR) is 58.7 cm³/mol. The van der Waals surface area contributed by atoms with Crippen molar-refractivity contribution in [1.29, 1.82) is 0 Å². The van der Waals surface area contributed by atoms with Crippen LogP contribution < -0.4 is 10.5 Å². The minimum absolute atomic E-state index is 0.0569. The number of carbonyl (C=O) groups is 2. The number of para-hydroxylation sites is 2. The van der Waals surface area contributed by atoms with Gasteiger partial charge in [0.2, 0.25) is 0 Å². The minimum Gasteiger partial charge on any atom is -0.475 e. The van der Waals surface area contributed by atoms with E-state index in [-0.39, 0.29) is 11.4 Å². The summed E-state index contributed by atoms with van der Waals surface area (Å²) in [6, 6.07) is 5.58. The number of rotatable bonds is 6. The van der Waals surface area contributed by atoms with Crippen molar-refractivity contribution >= 4 is 17.6 Å². The zero-order valence-corrected chi connectivity index (χ0v) is 9.20. The number of amides is 1. The van der Waals surface area contributed by atoms with E-state index in [2.05, 4.69) is 4.74 Å². The monoisotopic (exact) mass is 254 g/mol. The van der Waals surface area contributed by atoms with Crippen LogP contribution in [0, 0.1) is 10.1 Å². The lowest BCUT2D eigenvalue weighted by Crippen LogP contribution is -2.23. The summed E-state index contributed by atoms with van der Waals surface area (Å²) in [5, 5.41) is 10.6. The highest BCUT2D eigenvalue weighted by Crippen LogP contribution is 2.25. The first-order valence-electron chi connectivity index (χ1n) is 4.81. The van der Waals surface area contributed by atoms with E-state index in [9.17, 15) is 19.7 Å². The van der Waals surface area contributed by atoms with Gasteiger partial charge in [-0.3, -0.25) is 14.9 Å². The van der Waals surface area contributed by atoms with Crippen LogP contribution in [0.25, 0.3) is 0 Å². The summed E-state index contributed by atoms with van der Waals surface area (Å²) in [7, 11) is 0. The summed E-state index contributed by atoms with van der Waals surface area (Å²) in [6.07, 6.45) is 0. The number of nitrogens with zero attached hydrogens (tertiary/aromatic N) is 1. The van der Waals surface area contributed by atoms with E-state index in [4.69, 9.17) is 10.5 Å². The van der Waals surface area contributed by atoms with Crippen molar-refractivity contribution in [3.8, 4) is 5.75 Å². The first-order valence-corrected chi connectivity index (χ1v) is 4.81. The van der Waals surface area contributed by atoms with Gasteiger partial charge in [0, 0.05) is 6.07 Å². The van der Waals surface area contributed by atoms with Crippen LogP contribution in [0.5, 0.6) is 5.75 Å². The average molecular weight is 254 g/mol. The third kappa shape index (κ3) is 4.08. The van der Waals surface area contributed by atoms with Gasteiger partial charge in [0.15, 0.2) is 19.0 Å². The predicted octanol–water partition coefficient (Wildman–Crippen LogP) is 0.00210. The highest BCUT2D eigenvalue weighted by molar-refractivity contribution is 5.79. The number of nitrogens with two attached hydrogens (primary N) is 1. The molecular weight excluding hydrogens is 244 g/mol. The number of primary amides is 1. The van der Waals surface area contributed by atoms with E-state index in [1.807, 2.05) is 0 Å². The number of hydrogen-bond acceptors (Lipinski definition) is 6. The summed E-state index contributed by atoms with van der Waals surface area (Å²) >= 11 is 0. The zero-order chi connectivity index (χ0) is 13.5. The number of nitro groups is 1. The van der Waals surface area contributed by atoms with E-state index in [0.717, 1.165) is 0 Å². The molecule has 1 rings (SSSR count). The highest BCUT2D eigenvalue weighted by Gasteiger charge is 2.15. The van der Waals surface area contributed by atoms with Gasteiger partial charge in [0.1, 0.15) is 0 Å². The Bertz CT molecular complexity index is 473. The van der Waals surface area contributed by atoms with Gasteiger partial charge in [-0.15, -0.1) is 0 Å². The number of benzene rings is 1. The maximum Gasteiger partial charge on any atom is 0.344 e. The molecule has 0 saturated carbocycles. The fourth-order valence-electron chi connectivity index (χ4n) is 1.06. The van der Waals surface area contributed by atoms with Gasteiger partial charge in [0.05, 0.1) is 4.92 Å². The van der Waals surface area contributed by atoms with Crippen LogP contribution in [0.15, 0.2) is 24.3 Å². The molecule has 0 unspecified atom stereocenters. The van der Waals surface area contributed by atoms with Gasteiger partial charge in [-0.05, 0) is 6.07 Å². The Kier molecular flexibility index (Phi) is 4.61. The van der Waals surface area contributed by atoms with E-state index in [1.54, 1.807) is 0 Å². The Morgan fingerprint density at radius 2 is 1.94 bits per heavy atom. The maximum atomic E-state index is 11.1. The second kappa shape index (κ2) is 6.18. The molecule has 1 aromatic rings. The molecule has 0 spiro atoms. The number of ether oxygens (including phenoxy) is 2. The largest absolute Gasteiger partial charge is 0.475 e. The first-order chi connectivity index (χ1) is 8.50. The molecule has 8 heteroatoms. The second-order valence-corrected chi connectivity index (χ2v) is 3.14. The fourth-order valence-corrected chi connectivity index (χ4v) is 1.06. The lowest BCUT2D eigenvalue weighted by Gasteiger charge is -2.05. The van der Waals surface area contributed by atoms with Crippen LogP contribution in [0.1, 0.15) is 0 Å². The third-order valence-electron chi connectivity index (χ3n) is 1.78. The molecule has 8 nitrogen and oxygen atoms in total. The Morgan fingerprint density at radius 1 is 1.28 bits per heavy atom. The van der Waals surface area contributed by atoms with Crippen molar-refractivity contribution in [3.05, 3.63) is 34.4 Å². The lowest BCUT2D eigenvalue weighted by atomic mass is 10.3. The number of carbonyl (C=O) groups excluding carboxylic acids is 2. The molecule has 0 fully saturated rings. The van der Waals surface area contributed by atoms with Crippen molar-refractivity contribution in [1.82, 2.24) is 0 Å². The minimum atomic E-state index is -0.841. The zero-order valence-electron chi connectivity index (χ0n) is 9.20. The standard InChI is InChI=1S/C10H10N2O6/c11-9(13)5-18-10(14)6-17-8-4-2-1-3-7(8)12(15)16/h1-4H,5-6H2,(H2,11,13). The summed E-state index contributed by atoms with van der Waals surface area (Å²) in [5.41, 5.74) is 4.50. The average Bonchev–Trinajstić information content (AvgIpc) is 2.34. The Balaban J connectivity index is 2.56. The van der Waals surface area contributed by atoms with E-state index in [0.29, 0.717) is 0 Å². The molecule has 0 aliphatic rings. The summed E-state index contributed by atoms with van der Waals surface area (Å²) in [4.78, 5) is 31.4. The van der Waals surface area contributed by atoms with E-state index < -0.39 is 30.0 Å². The number of nitro benzene ring substituents is 1. The lowest BCUT2D eigenvalue weighted by molar-refractivity contribution is -0.385. The molecule has 96 valence electrons. The maximum absolute atomic E-state index is 11.1. The number of esters is 1. The molecule has 0 saturated heterocycles. The molecule has 1 aromatic carbocycles. The summed E-state index contributed by atoms with van der Waals surface area (Å²) < 4.78 is 9.34. The van der Waals surface area contributed by atoms with E-state index in [1.165, 1.54) is 24.3 Å². The van der Waals surface area contributed by atoms with Crippen molar-refractivity contribution in [2.75, 3.05) is 13.2 Å². The van der Waals surface area contributed by atoms with Crippen LogP contribution in [-0.2, 0) is 14.3 Å². The van der Waals surface area contributed by atoms with Gasteiger partial charge in [0.25, 0.3) is 5.91 Å². The van der Waals surface area contributed by atoms with Gasteiger partial charge in [-0.25, -0.2) is 4.79 Å². The molecule has 0 bridgehead atoms. The molecule has 18 heavy (non-hydrogen) atoms. The topological polar surface area (TPSA) is 122 Å². The molecule has 0 aliphatic carbocycles. The smallest absolute Gasteiger partial charge is 0.344 e. The van der Waals surface area contributed by atoms with Crippen molar-refractivity contribution in [2.45, 2.75) is 0 Å². The van der Waals surface area contributed by atoms with E-state index >= 15 is 0 Å². The van der Waals surface area contributed by atoms with Crippen molar-refractivity contribution < 1.29 is 24.0 Å². The molecule has 0 atom stereocenters. The van der Waals surface area contributed by atoms with Crippen LogP contribution in [0.2, 0.25) is 0 Å². The van der Waals surface area contributed by atoms with Crippen molar-refractivity contribution in [2.24, 2.45) is 5.73 Å². The molecule has 0 radical (unpaired) electrons. The normalized spacial score (nSPS) is 9.56. The van der Waals surface area contributed by atoms with Gasteiger partial charge < -0.3 is 15.2 Å². The molecule has 2 N–H and O–H groups in total. The van der Waals surface area contributed by atoms with Crippen molar-refractivity contribution in [3.63, 3.8) is 0 Å². The first kappa shape index (κ1) is 13.4. The Labute approximate surface area is 101 Å².